The minimum Gasteiger partial charge on any atom is -0.396 e. The molecule has 0 amide bonds. The van der Waals surface area contributed by atoms with E-state index in [0.717, 1.165) is 50.4 Å². The van der Waals surface area contributed by atoms with Gasteiger partial charge in [0.1, 0.15) is 0 Å². The highest BCUT2D eigenvalue weighted by molar-refractivity contribution is 5.51. The number of benzene rings is 2. The second-order valence-corrected chi connectivity index (χ2v) is 24.3. The third-order valence-corrected chi connectivity index (χ3v) is 14.5. The van der Waals surface area contributed by atoms with E-state index in [1.165, 1.54) is 97.6 Å². The SMILES string of the molecule is CC(C)CCCCCCCC1(CO)CCC(CO)C(c2ccc(C(C)(C)C)cc2C(C)(C)C)C1(CCCCCCCC(C)C)c1ccc(C(C)(C)C)cc1C(C)(C)C. The molecule has 4 unspecified atom stereocenters. The molecule has 2 aromatic carbocycles. The van der Waals surface area contributed by atoms with Gasteiger partial charge in [0.15, 0.2) is 0 Å². The molecule has 1 saturated carbocycles. The van der Waals surface area contributed by atoms with Gasteiger partial charge < -0.3 is 10.2 Å². The van der Waals surface area contributed by atoms with Crippen molar-refractivity contribution >= 4 is 0 Å². The van der Waals surface area contributed by atoms with Crippen LogP contribution in [0, 0.1) is 23.2 Å². The van der Waals surface area contributed by atoms with E-state index in [1.54, 1.807) is 0 Å². The third-order valence-electron chi connectivity index (χ3n) is 14.5. The first-order chi connectivity index (χ1) is 26.9. The van der Waals surface area contributed by atoms with Gasteiger partial charge in [0, 0.05) is 24.0 Å². The molecular formula is C56H96O2. The minimum absolute atomic E-state index is 0.0209. The zero-order valence-electron chi connectivity index (χ0n) is 41.4. The predicted octanol–water partition coefficient (Wildman–Crippen LogP) is 16.1. The molecule has 4 atom stereocenters. The molecule has 1 aliphatic rings. The lowest BCUT2D eigenvalue weighted by Crippen LogP contribution is -2.58. The molecule has 1 aliphatic carbocycles. The van der Waals surface area contributed by atoms with Crippen LogP contribution in [-0.2, 0) is 27.1 Å². The average Bonchev–Trinajstić information content (AvgIpc) is 3.11. The Bertz CT molecular complexity index is 1520. The van der Waals surface area contributed by atoms with Crippen LogP contribution in [0.3, 0.4) is 0 Å². The van der Waals surface area contributed by atoms with Crippen molar-refractivity contribution in [2.45, 2.75) is 247 Å². The smallest absolute Gasteiger partial charge is 0.0496 e. The van der Waals surface area contributed by atoms with Crippen LogP contribution in [-0.4, -0.2) is 23.4 Å². The second kappa shape index (κ2) is 21.0. The molecule has 0 saturated heterocycles. The van der Waals surface area contributed by atoms with Gasteiger partial charge in [0.2, 0.25) is 0 Å². The van der Waals surface area contributed by atoms with Crippen LogP contribution in [0.15, 0.2) is 36.4 Å². The van der Waals surface area contributed by atoms with Crippen LogP contribution in [0.2, 0.25) is 0 Å². The van der Waals surface area contributed by atoms with Crippen LogP contribution in [0.25, 0.3) is 0 Å². The van der Waals surface area contributed by atoms with Crippen molar-refractivity contribution in [3.05, 3.63) is 69.8 Å². The van der Waals surface area contributed by atoms with Crippen molar-refractivity contribution in [2.75, 3.05) is 13.2 Å². The Balaban J connectivity index is 2.46. The molecule has 332 valence electrons. The summed E-state index contributed by atoms with van der Waals surface area (Å²) in [5.41, 5.74) is 7.70. The fourth-order valence-corrected chi connectivity index (χ4v) is 11.0. The van der Waals surface area contributed by atoms with Gasteiger partial charge in [-0.25, -0.2) is 0 Å². The predicted molar refractivity (Wildman–Crippen MR) is 256 cm³/mol. The Morgan fingerprint density at radius 3 is 1.45 bits per heavy atom. The molecular weight excluding hydrogens is 705 g/mol. The number of rotatable bonds is 20. The van der Waals surface area contributed by atoms with Crippen LogP contribution >= 0.6 is 0 Å². The zero-order valence-corrected chi connectivity index (χ0v) is 41.4. The standard InChI is InChI=1S/C56H96O2/c1-41(2)27-23-19-17-21-25-34-55(40-58)36-33-43(39-57)50(46-31-29-44(51(5,6)7)37-48(46)53(11,12)13)56(55,35-26-22-18-20-24-28-42(3)4)47-32-30-45(52(8,9)10)38-49(47)54(14,15)16/h29-32,37-38,41-43,50,57-58H,17-28,33-36,39-40H2,1-16H3. The summed E-state index contributed by atoms with van der Waals surface area (Å²) >= 11 is 0. The molecule has 2 aromatic rings. The van der Waals surface area contributed by atoms with Crippen LogP contribution in [0.5, 0.6) is 0 Å². The lowest BCUT2D eigenvalue weighted by molar-refractivity contribution is -0.0640. The molecule has 58 heavy (non-hydrogen) atoms. The highest BCUT2D eigenvalue weighted by Gasteiger charge is 2.61. The van der Waals surface area contributed by atoms with Crippen molar-refractivity contribution < 1.29 is 10.2 Å². The van der Waals surface area contributed by atoms with Gasteiger partial charge in [0.05, 0.1) is 0 Å². The molecule has 1 fully saturated rings. The average molecular weight is 801 g/mol. The molecule has 0 radical (unpaired) electrons. The van der Waals surface area contributed by atoms with E-state index in [1.807, 2.05) is 0 Å². The first-order valence-corrected chi connectivity index (χ1v) is 24.4. The van der Waals surface area contributed by atoms with Crippen molar-refractivity contribution in [3.63, 3.8) is 0 Å². The summed E-state index contributed by atoms with van der Waals surface area (Å²) in [5, 5.41) is 24.1. The maximum Gasteiger partial charge on any atom is 0.0496 e. The molecule has 2 nitrogen and oxygen atoms in total. The summed E-state index contributed by atoms with van der Waals surface area (Å²) in [6.07, 6.45) is 19.1. The van der Waals surface area contributed by atoms with E-state index in [2.05, 4.69) is 147 Å². The Labute approximate surface area is 361 Å². The molecule has 0 bridgehead atoms. The summed E-state index contributed by atoms with van der Waals surface area (Å²) in [6, 6.07) is 15.0. The fourth-order valence-electron chi connectivity index (χ4n) is 11.0. The van der Waals surface area contributed by atoms with Crippen molar-refractivity contribution in [3.8, 4) is 0 Å². The normalized spacial score (nSPS) is 22.3. The molecule has 2 heteroatoms. The van der Waals surface area contributed by atoms with Gasteiger partial charge >= 0.3 is 0 Å². The molecule has 2 N–H and O–H groups in total. The van der Waals surface area contributed by atoms with Gasteiger partial charge in [-0.15, -0.1) is 0 Å². The molecule has 0 spiro atoms. The molecule has 0 heterocycles. The quantitative estimate of drug-likeness (QED) is 0.131. The summed E-state index contributed by atoms with van der Waals surface area (Å²) < 4.78 is 0. The van der Waals surface area contributed by atoms with Gasteiger partial charge in [-0.2, -0.15) is 0 Å². The van der Waals surface area contributed by atoms with E-state index < -0.39 is 0 Å². The summed E-state index contributed by atoms with van der Waals surface area (Å²) in [4.78, 5) is 0. The van der Waals surface area contributed by atoms with Gasteiger partial charge in [0.25, 0.3) is 0 Å². The monoisotopic (exact) mass is 801 g/mol. The highest BCUT2D eigenvalue weighted by atomic mass is 16.3. The van der Waals surface area contributed by atoms with Gasteiger partial charge in [-0.1, -0.05) is 224 Å². The number of hydrogen-bond acceptors (Lipinski definition) is 2. The maximum atomic E-state index is 12.4. The number of aliphatic hydroxyl groups excluding tert-OH is 2. The summed E-state index contributed by atoms with van der Waals surface area (Å²) in [5.74, 6) is 1.72. The summed E-state index contributed by atoms with van der Waals surface area (Å²) in [7, 11) is 0. The summed E-state index contributed by atoms with van der Waals surface area (Å²) in [6.45, 7) is 38.2. The van der Waals surface area contributed by atoms with E-state index >= 15 is 0 Å². The first-order valence-electron chi connectivity index (χ1n) is 24.4. The minimum atomic E-state index is -0.356. The lowest BCUT2D eigenvalue weighted by Gasteiger charge is -2.62. The fraction of sp³-hybridized carbons (Fsp3) is 0.786. The van der Waals surface area contributed by atoms with Gasteiger partial charge in [-0.05, 0) is 104 Å². The molecule has 0 aromatic heterocycles. The van der Waals surface area contributed by atoms with E-state index in [-0.39, 0.29) is 57.5 Å². The number of aliphatic hydroxyl groups is 2. The molecule has 3 rings (SSSR count). The van der Waals surface area contributed by atoms with Crippen LogP contribution in [0.4, 0.5) is 0 Å². The topological polar surface area (TPSA) is 40.5 Å². The van der Waals surface area contributed by atoms with E-state index in [9.17, 15) is 10.2 Å². The Morgan fingerprint density at radius 2 is 1.00 bits per heavy atom. The first kappa shape index (κ1) is 50.7. The lowest BCUT2D eigenvalue weighted by atomic mass is 9.42. The van der Waals surface area contributed by atoms with E-state index in [4.69, 9.17) is 0 Å². The Kier molecular flexibility index (Phi) is 18.3. The van der Waals surface area contributed by atoms with Crippen LogP contribution < -0.4 is 0 Å². The third kappa shape index (κ3) is 12.7. The molecule has 0 aliphatic heterocycles. The van der Waals surface area contributed by atoms with Crippen LogP contribution in [0.1, 0.15) is 253 Å². The maximum absolute atomic E-state index is 12.4. The number of hydrogen-bond donors (Lipinski definition) is 2. The van der Waals surface area contributed by atoms with Crippen molar-refractivity contribution in [1.29, 1.82) is 0 Å². The zero-order chi connectivity index (χ0) is 43.7. The Morgan fingerprint density at radius 1 is 0.552 bits per heavy atom. The largest absolute Gasteiger partial charge is 0.396 e. The van der Waals surface area contributed by atoms with E-state index in [0.29, 0.717) is 0 Å². The van der Waals surface area contributed by atoms with Crippen molar-refractivity contribution in [1.82, 2.24) is 0 Å². The Hall–Kier alpha value is -1.64. The number of unbranched alkanes of at least 4 members (excludes halogenated alkanes) is 8. The highest BCUT2D eigenvalue weighted by Crippen LogP contribution is 2.66. The van der Waals surface area contributed by atoms with Gasteiger partial charge in [-0.3, -0.25) is 0 Å². The second-order valence-electron chi connectivity index (χ2n) is 24.3. The van der Waals surface area contributed by atoms with Crippen molar-refractivity contribution in [2.24, 2.45) is 23.2 Å².